The Morgan fingerprint density at radius 3 is 2.14 bits per heavy atom. The number of fused-ring (bicyclic) bond motifs is 1. The van der Waals surface area contributed by atoms with E-state index in [9.17, 15) is 4.79 Å². The maximum absolute atomic E-state index is 12.9. The summed E-state index contributed by atoms with van der Waals surface area (Å²) in [5.74, 6) is 1.41. The number of esters is 1. The summed E-state index contributed by atoms with van der Waals surface area (Å²) in [5.41, 5.74) is 0.150. The van der Waals surface area contributed by atoms with Crippen LogP contribution >= 0.6 is 0 Å². The van der Waals surface area contributed by atoms with Crippen LogP contribution in [0.4, 0.5) is 0 Å². The second-order valence-corrected chi connectivity index (χ2v) is 9.28. The van der Waals surface area contributed by atoms with Crippen molar-refractivity contribution in [3.8, 4) is 0 Å². The van der Waals surface area contributed by atoms with E-state index in [1.54, 1.807) is 0 Å². The molecular weight excluding hydrogens is 260 g/mol. The highest BCUT2D eigenvalue weighted by atomic mass is 16.5. The summed E-state index contributed by atoms with van der Waals surface area (Å²) in [4.78, 5) is 12.9. The fourth-order valence-electron chi connectivity index (χ4n) is 4.81. The molecule has 0 aromatic rings. The van der Waals surface area contributed by atoms with E-state index in [2.05, 4.69) is 55.4 Å². The molecule has 0 aliphatic heterocycles. The largest absolute Gasteiger partial charge is 0.461 e. The summed E-state index contributed by atoms with van der Waals surface area (Å²) < 4.78 is 6.10. The monoisotopic (exact) mass is 294 g/mol. The van der Waals surface area contributed by atoms with E-state index in [-0.39, 0.29) is 22.9 Å². The van der Waals surface area contributed by atoms with Crippen molar-refractivity contribution < 1.29 is 9.53 Å². The third kappa shape index (κ3) is 2.24. The van der Waals surface area contributed by atoms with E-state index in [0.717, 1.165) is 6.42 Å². The first-order valence-electron chi connectivity index (χ1n) is 8.68. The molecule has 21 heavy (non-hydrogen) atoms. The molecule has 4 unspecified atom stereocenters. The molecule has 0 spiro atoms. The molecular formula is C19H34O2. The van der Waals surface area contributed by atoms with Crippen LogP contribution in [0.1, 0.15) is 74.7 Å². The van der Waals surface area contributed by atoms with Crippen LogP contribution in [0.2, 0.25) is 0 Å². The molecule has 0 saturated heterocycles. The minimum absolute atomic E-state index is 0.0322. The quantitative estimate of drug-likeness (QED) is 0.662. The molecule has 2 nitrogen and oxygen atoms in total. The van der Waals surface area contributed by atoms with Crippen LogP contribution in [-0.2, 0) is 9.53 Å². The lowest BCUT2D eigenvalue weighted by Crippen LogP contribution is -2.61. The second kappa shape index (κ2) is 4.99. The average molecular weight is 294 g/mol. The molecule has 122 valence electrons. The van der Waals surface area contributed by atoms with Gasteiger partial charge in [-0.05, 0) is 43.4 Å². The Hall–Kier alpha value is -0.530. The topological polar surface area (TPSA) is 26.3 Å². The van der Waals surface area contributed by atoms with Gasteiger partial charge in [0.15, 0.2) is 0 Å². The SMILES string of the molecule is CC(C)CC(C)(C(=O)OC1C2CCC1(C)C2(C)C)C(C)C. The fraction of sp³-hybridized carbons (Fsp3) is 0.947. The second-order valence-electron chi connectivity index (χ2n) is 9.28. The summed E-state index contributed by atoms with van der Waals surface area (Å²) in [6.07, 6.45) is 3.46. The molecule has 0 heterocycles. The molecule has 3 rings (SSSR count). The van der Waals surface area contributed by atoms with Crippen LogP contribution in [0.3, 0.4) is 0 Å². The van der Waals surface area contributed by atoms with Crippen LogP contribution in [0.15, 0.2) is 0 Å². The highest BCUT2D eigenvalue weighted by molar-refractivity contribution is 5.77. The van der Waals surface area contributed by atoms with Gasteiger partial charge in [-0.25, -0.2) is 0 Å². The summed E-state index contributed by atoms with van der Waals surface area (Å²) >= 11 is 0. The zero-order valence-corrected chi connectivity index (χ0v) is 15.2. The van der Waals surface area contributed by atoms with Crippen molar-refractivity contribution in [1.29, 1.82) is 0 Å². The standard InChI is InChI=1S/C19H34O2/c1-12(2)11-18(7,13(3)4)16(20)21-15-14-9-10-19(15,8)17(14,5)6/h12-15H,9-11H2,1-8H3. The van der Waals surface area contributed by atoms with Gasteiger partial charge in [-0.15, -0.1) is 0 Å². The van der Waals surface area contributed by atoms with Crippen molar-refractivity contribution in [2.75, 3.05) is 0 Å². The fourth-order valence-corrected chi connectivity index (χ4v) is 4.81. The third-order valence-corrected chi connectivity index (χ3v) is 7.17. The molecule has 0 amide bonds. The number of carbonyl (C=O) groups is 1. The number of carbonyl (C=O) groups excluding carboxylic acids is 1. The summed E-state index contributed by atoms with van der Waals surface area (Å²) in [6.45, 7) is 17.7. The number of hydrogen-bond donors (Lipinski definition) is 0. The van der Waals surface area contributed by atoms with E-state index in [1.807, 2.05) is 0 Å². The predicted octanol–water partition coefficient (Wildman–Crippen LogP) is 5.06. The van der Waals surface area contributed by atoms with Gasteiger partial charge in [0.1, 0.15) is 6.10 Å². The Kier molecular flexibility index (Phi) is 4.00. The number of rotatable bonds is 5. The zero-order valence-electron chi connectivity index (χ0n) is 15.2. The first-order chi connectivity index (χ1) is 9.46. The maximum atomic E-state index is 12.9. The molecule has 0 radical (unpaired) electrons. The van der Waals surface area contributed by atoms with Gasteiger partial charge in [0.05, 0.1) is 5.41 Å². The minimum Gasteiger partial charge on any atom is -0.461 e. The van der Waals surface area contributed by atoms with Gasteiger partial charge in [-0.3, -0.25) is 4.79 Å². The Bertz CT molecular complexity index is 423. The van der Waals surface area contributed by atoms with Crippen molar-refractivity contribution in [2.45, 2.75) is 80.8 Å². The van der Waals surface area contributed by atoms with Crippen LogP contribution in [-0.4, -0.2) is 12.1 Å². The maximum Gasteiger partial charge on any atom is 0.312 e. The van der Waals surface area contributed by atoms with Crippen LogP contribution in [0, 0.1) is 34.0 Å². The van der Waals surface area contributed by atoms with Crippen LogP contribution in [0.5, 0.6) is 0 Å². The van der Waals surface area contributed by atoms with E-state index in [1.165, 1.54) is 12.8 Å². The number of ether oxygens (including phenoxy) is 1. The highest BCUT2D eigenvalue weighted by Crippen LogP contribution is 2.71. The summed E-state index contributed by atoms with van der Waals surface area (Å²) in [6, 6.07) is 0. The van der Waals surface area contributed by atoms with Gasteiger partial charge in [-0.2, -0.15) is 0 Å². The molecule has 3 saturated carbocycles. The Morgan fingerprint density at radius 1 is 1.24 bits per heavy atom. The summed E-state index contributed by atoms with van der Waals surface area (Å²) in [7, 11) is 0. The van der Waals surface area contributed by atoms with Crippen LogP contribution < -0.4 is 0 Å². The lowest BCUT2D eigenvalue weighted by Gasteiger charge is -2.59. The first kappa shape index (κ1) is 16.8. The number of hydrogen-bond acceptors (Lipinski definition) is 2. The Morgan fingerprint density at radius 2 is 1.81 bits per heavy atom. The predicted molar refractivity (Wildman–Crippen MR) is 86.9 cm³/mol. The molecule has 2 heteroatoms. The highest BCUT2D eigenvalue weighted by Gasteiger charge is 2.70. The van der Waals surface area contributed by atoms with Gasteiger partial charge >= 0.3 is 5.97 Å². The summed E-state index contributed by atoms with van der Waals surface area (Å²) in [5, 5.41) is 0. The smallest absolute Gasteiger partial charge is 0.312 e. The Balaban J connectivity index is 2.12. The third-order valence-electron chi connectivity index (χ3n) is 7.17. The van der Waals surface area contributed by atoms with Crippen molar-refractivity contribution in [1.82, 2.24) is 0 Å². The molecule has 3 aliphatic carbocycles. The van der Waals surface area contributed by atoms with Gasteiger partial charge in [0.25, 0.3) is 0 Å². The van der Waals surface area contributed by atoms with Gasteiger partial charge in [-0.1, -0.05) is 48.5 Å². The van der Waals surface area contributed by atoms with E-state index in [4.69, 9.17) is 4.74 Å². The molecule has 2 bridgehead atoms. The van der Waals surface area contributed by atoms with Crippen molar-refractivity contribution in [3.63, 3.8) is 0 Å². The molecule has 0 aromatic heterocycles. The minimum atomic E-state index is -0.357. The zero-order chi connectivity index (χ0) is 16.2. The lowest BCUT2D eigenvalue weighted by atomic mass is 9.49. The van der Waals surface area contributed by atoms with E-state index < -0.39 is 0 Å². The normalized spacial score (nSPS) is 36.5. The van der Waals surface area contributed by atoms with Crippen molar-refractivity contribution in [3.05, 3.63) is 0 Å². The van der Waals surface area contributed by atoms with Gasteiger partial charge in [0.2, 0.25) is 0 Å². The molecule has 4 atom stereocenters. The van der Waals surface area contributed by atoms with Crippen molar-refractivity contribution in [2.24, 2.45) is 34.0 Å². The lowest BCUT2D eigenvalue weighted by molar-refractivity contribution is -0.217. The Labute approximate surface area is 131 Å². The van der Waals surface area contributed by atoms with Gasteiger partial charge < -0.3 is 4.74 Å². The molecule has 0 aromatic carbocycles. The average Bonchev–Trinajstić information content (AvgIpc) is 2.80. The van der Waals surface area contributed by atoms with E-state index >= 15 is 0 Å². The van der Waals surface area contributed by atoms with Crippen LogP contribution in [0.25, 0.3) is 0 Å². The first-order valence-corrected chi connectivity index (χ1v) is 8.68. The van der Waals surface area contributed by atoms with Gasteiger partial charge in [0, 0.05) is 11.3 Å². The molecule has 3 aliphatic rings. The van der Waals surface area contributed by atoms with E-state index in [0.29, 0.717) is 23.2 Å². The molecule has 0 N–H and O–H groups in total. The molecule has 3 fully saturated rings. The van der Waals surface area contributed by atoms with Crippen molar-refractivity contribution >= 4 is 5.97 Å².